The average Bonchev–Trinajstić information content (AvgIpc) is 2.93. The molecule has 4 rings (SSSR count). The van der Waals surface area contributed by atoms with Crippen LogP contribution in [-0.4, -0.2) is 44.1 Å². The maximum Gasteiger partial charge on any atom is 0.335 e. The Bertz CT molecular complexity index is 1560. The molecule has 1 aliphatic rings. The second kappa shape index (κ2) is 13.1. The first-order chi connectivity index (χ1) is 19.6. The number of hydrogen-bond donors (Lipinski definition) is 2. The molecule has 5 amide bonds. The molecule has 212 valence electrons. The highest BCUT2D eigenvalue weighted by Crippen LogP contribution is 2.38. The fourth-order valence-corrected chi connectivity index (χ4v) is 4.65. The third-order valence-corrected chi connectivity index (χ3v) is 6.95. The molecule has 0 radical (unpaired) electrons. The topological polar surface area (TPSA) is 123 Å². The second-order valence-corrected chi connectivity index (χ2v) is 10.1. The number of halogens is 3. The van der Waals surface area contributed by atoms with E-state index in [1.165, 1.54) is 31.4 Å². The lowest BCUT2D eigenvalue weighted by molar-refractivity contribution is -0.122. The molecule has 0 aliphatic carbocycles. The molecule has 41 heavy (non-hydrogen) atoms. The smallest absolute Gasteiger partial charge is 0.335 e. The number of nitrogens with one attached hydrogen (secondary N) is 2. The van der Waals surface area contributed by atoms with Gasteiger partial charge >= 0.3 is 6.03 Å². The first kappa shape index (κ1) is 29.9. The van der Waals surface area contributed by atoms with Crippen molar-refractivity contribution >= 4 is 80.3 Å². The highest BCUT2D eigenvalue weighted by Gasteiger charge is 2.37. The van der Waals surface area contributed by atoms with Crippen LogP contribution in [0.15, 0.2) is 64.6 Å². The van der Waals surface area contributed by atoms with Crippen LogP contribution in [-0.2, 0) is 14.4 Å². The standard InChI is InChI=1S/C28H22BrCl2N3O7/c1-3-40-23-12-15(11-20(29)25(23)41-14-24(35)32-16-4-9-21(30)22(31)13-16)10-19-26(36)33-28(38)34(27(19)37)17-5-7-18(39-2)8-6-17/h4-13H,3,14H2,1-2H3,(H,32,35)(H,33,36,38)/b19-10+. The van der Waals surface area contributed by atoms with Crippen LogP contribution < -0.4 is 29.7 Å². The van der Waals surface area contributed by atoms with E-state index in [9.17, 15) is 19.2 Å². The Morgan fingerprint density at radius 2 is 1.76 bits per heavy atom. The van der Waals surface area contributed by atoms with E-state index >= 15 is 0 Å². The largest absolute Gasteiger partial charge is 0.497 e. The van der Waals surface area contributed by atoms with Gasteiger partial charge in [0.15, 0.2) is 18.1 Å². The van der Waals surface area contributed by atoms with Crippen LogP contribution in [0.25, 0.3) is 6.08 Å². The minimum Gasteiger partial charge on any atom is -0.497 e. The number of rotatable bonds is 9. The van der Waals surface area contributed by atoms with Gasteiger partial charge in [-0.3, -0.25) is 19.7 Å². The molecule has 0 unspecified atom stereocenters. The molecule has 10 nitrogen and oxygen atoms in total. The number of benzene rings is 3. The summed E-state index contributed by atoms with van der Waals surface area (Å²) >= 11 is 15.3. The summed E-state index contributed by atoms with van der Waals surface area (Å²) in [6.45, 7) is 1.66. The van der Waals surface area contributed by atoms with Gasteiger partial charge in [-0.15, -0.1) is 0 Å². The highest BCUT2D eigenvalue weighted by molar-refractivity contribution is 9.10. The van der Waals surface area contributed by atoms with Gasteiger partial charge in [-0.25, -0.2) is 9.69 Å². The Kier molecular flexibility index (Phi) is 9.53. The zero-order valence-electron chi connectivity index (χ0n) is 21.6. The summed E-state index contributed by atoms with van der Waals surface area (Å²) in [6, 6.07) is 13.1. The van der Waals surface area contributed by atoms with Crippen LogP contribution in [0.3, 0.4) is 0 Å². The zero-order valence-corrected chi connectivity index (χ0v) is 24.7. The maximum atomic E-state index is 13.3. The van der Waals surface area contributed by atoms with Gasteiger partial charge < -0.3 is 19.5 Å². The second-order valence-electron chi connectivity index (χ2n) is 8.38. The number of nitrogens with zero attached hydrogens (tertiary/aromatic N) is 1. The molecule has 1 saturated heterocycles. The van der Waals surface area contributed by atoms with Gasteiger partial charge in [0.2, 0.25) is 0 Å². The van der Waals surface area contributed by atoms with Crippen LogP contribution in [0.2, 0.25) is 10.0 Å². The van der Waals surface area contributed by atoms with E-state index in [1.807, 2.05) is 0 Å². The number of hydrogen-bond acceptors (Lipinski definition) is 7. The lowest BCUT2D eigenvalue weighted by atomic mass is 10.1. The fraction of sp³-hybridized carbons (Fsp3) is 0.143. The molecule has 1 aliphatic heterocycles. The molecular weight excluding hydrogens is 641 g/mol. The van der Waals surface area contributed by atoms with E-state index in [-0.39, 0.29) is 41.0 Å². The Labute approximate surface area is 253 Å². The van der Waals surface area contributed by atoms with Gasteiger partial charge in [-0.05, 0) is 89.1 Å². The van der Waals surface area contributed by atoms with Gasteiger partial charge in [0.05, 0.1) is 33.9 Å². The molecule has 3 aromatic carbocycles. The number of anilines is 2. The summed E-state index contributed by atoms with van der Waals surface area (Å²) in [5.41, 5.74) is 0.822. The number of methoxy groups -OCH3 is 1. The number of carbonyl (C=O) groups excluding carboxylic acids is 4. The summed E-state index contributed by atoms with van der Waals surface area (Å²) in [6.07, 6.45) is 1.33. The fourth-order valence-electron chi connectivity index (χ4n) is 3.77. The summed E-state index contributed by atoms with van der Waals surface area (Å²) < 4.78 is 16.9. The minimum absolute atomic E-state index is 0.229. The maximum absolute atomic E-state index is 13.3. The molecule has 0 aromatic heterocycles. The van der Waals surface area contributed by atoms with Gasteiger partial charge in [0.1, 0.15) is 11.3 Å². The van der Waals surface area contributed by atoms with E-state index in [2.05, 4.69) is 26.6 Å². The third-order valence-electron chi connectivity index (χ3n) is 5.63. The monoisotopic (exact) mass is 661 g/mol. The van der Waals surface area contributed by atoms with E-state index in [0.29, 0.717) is 26.5 Å². The quantitative estimate of drug-likeness (QED) is 0.218. The predicted octanol–water partition coefficient (Wildman–Crippen LogP) is 5.85. The highest BCUT2D eigenvalue weighted by atomic mass is 79.9. The Balaban J connectivity index is 1.56. The first-order valence-corrected chi connectivity index (χ1v) is 13.6. The van der Waals surface area contributed by atoms with Crippen molar-refractivity contribution in [2.75, 3.05) is 30.5 Å². The van der Waals surface area contributed by atoms with E-state index in [4.69, 9.17) is 37.4 Å². The van der Waals surface area contributed by atoms with E-state index in [1.54, 1.807) is 43.3 Å². The molecular formula is C28H22BrCl2N3O7. The number of carbonyl (C=O) groups is 4. The average molecular weight is 663 g/mol. The van der Waals surface area contributed by atoms with Crippen LogP contribution in [0.4, 0.5) is 16.2 Å². The van der Waals surface area contributed by atoms with Crippen LogP contribution >= 0.6 is 39.1 Å². The summed E-state index contributed by atoms with van der Waals surface area (Å²) in [4.78, 5) is 51.7. The van der Waals surface area contributed by atoms with Crippen molar-refractivity contribution < 1.29 is 33.4 Å². The van der Waals surface area contributed by atoms with Gasteiger partial charge in [0.25, 0.3) is 17.7 Å². The number of imide groups is 2. The lowest BCUT2D eigenvalue weighted by Gasteiger charge is -2.26. The van der Waals surface area contributed by atoms with Crippen molar-refractivity contribution in [3.8, 4) is 17.2 Å². The molecule has 3 aromatic rings. The number of amides is 5. The molecule has 0 spiro atoms. The predicted molar refractivity (Wildman–Crippen MR) is 158 cm³/mol. The van der Waals surface area contributed by atoms with Crippen molar-refractivity contribution in [1.82, 2.24) is 5.32 Å². The van der Waals surface area contributed by atoms with Crippen LogP contribution in [0.1, 0.15) is 12.5 Å². The molecule has 1 fully saturated rings. The van der Waals surface area contributed by atoms with Crippen molar-refractivity contribution in [3.05, 3.63) is 80.3 Å². The van der Waals surface area contributed by atoms with Gasteiger partial charge in [-0.1, -0.05) is 23.2 Å². The van der Waals surface area contributed by atoms with E-state index in [0.717, 1.165) is 4.90 Å². The number of barbiturate groups is 1. The third kappa shape index (κ3) is 6.99. The SMILES string of the molecule is CCOc1cc(/C=C2\C(=O)NC(=O)N(c3ccc(OC)cc3)C2=O)cc(Br)c1OCC(=O)Nc1ccc(Cl)c(Cl)c1. The van der Waals surface area contributed by atoms with Crippen LogP contribution in [0.5, 0.6) is 17.2 Å². The van der Waals surface area contributed by atoms with Crippen molar-refractivity contribution in [1.29, 1.82) is 0 Å². The molecule has 0 bridgehead atoms. The Morgan fingerprint density at radius 3 is 2.41 bits per heavy atom. The summed E-state index contributed by atoms with van der Waals surface area (Å²) in [7, 11) is 1.49. The first-order valence-electron chi connectivity index (χ1n) is 12.0. The van der Waals surface area contributed by atoms with Crippen LogP contribution in [0, 0.1) is 0 Å². The van der Waals surface area contributed by atoms with Crippen molar-refractivity contribution in [3.63, 3.8) is 0 Å². The summed E-state index contributed by atoms with van der Waals surface area (Å²) in [5.74, 6) is -1.10. The number of urea groups is 1. The van der Waals surface area contributed by atoms with Crippen molar-refractivity contribution in [2.24, 2.45) is 0 Å². The normalized spacial score (nSPS) is 14.1. The van der Waals surface area contributed by atoms with Gasteiger partial charge in [0, 0.05) is 5.69 Å². The molecule has 2 N–H and O–H groups in total. The lowest BCUT2D eigenvalue weighted by Crippen LogP contribution is -2.54. The molecule has 13 heteroatoms. The van der Waals surface area contributed by atoms with Crippen molar-refractivity contribution in [2.45, 2.75) is 6.92 Å². The zero-order chi connectivity index (χ0) is 29.7. The summed E-state index contributed by atoms with van der Waals surface area (Å²) in [5, 5.41) is 5.49. The number of ether oxygens (including phenoxy) is 3. The Morgan fingerprint density at radius 1 is 1.02 bits per heavy atom. The van der Waals surface area contributed by atoms with E-state index < -0.39 is 23.8 Å². The molecule has 1 heterocycles. The Hall–Kier alpha value is -4.06. The molecule has 0 atom stereocenters. The van der Waals surface area contributed by atoms with Gasteiger partial charge in [-0.2, -0.15) is 0 Å². The molecule has 0 saturated carbocycles. The minimum atomic E-state index is -0.874.